The molecule has 1 aromatic heterocycles. The van der Waals surface area contributed by atoms with Gasteiger partial charge >= 0.3 is 0 Å². The van der Waals surface area contributed by atoms with Crippen molar-refractivity contribution in [3.05, 3.63) is 42.6 Å². The maximum absolute atomic E-state index is 5.68. The summed E-state index contributed by atoms with van der Waals surface area (Å²) in [5.74, 6) is 0.480. The quantitative estimate of drug-likeness (QED) is 0.558. The first-order chi connectivity index (χ1) is 6.81. The summed E-state index contributed by atoms with van der Waals surface area (Å²) in [6.07, 6.45) is 1.86. The summed E-state index contributed by atoms with van der Waals surface area (Å²) in [6, 6.07) is 8.10. The Balaban J connectivity index is 2.38. The molecule has 0 unspecified atom stereocenters. The number of benzene rings is 1. The molecular formula is C11H11ClN2. The van der Waals surface area contributed by atoms with Crippen molar-refractivity contribution in [2.45, 2.75) is 6.54 Å². The highest BCUT2D eigenvalue weighted by molar-refractivity contribution is 6.19. The predicted octanol–water partition coefficient (Wildman–Crippen LogP) is 2.83. The van der Waals surface area contributed by atoms with E-state index < -0.39 is 0 Å². The Labute approximate surface area is 87.8 Å². The second-order valence-corrected chi connectivity index (χ2v) is 3.51. The van der Waals surface area contributed by atoms with Gasteiger partial charge in [0.2, 0.25) is 0 Å². The molecule has 2 nitrogen and oxygen atoms in total. The summed E-state index contributed by atoms with van der Waals surface area (Å²) in [4.78, 5) is 0. The van der Waals surface area contributed by atoms with E-state index in [9.17, 15) is 0 Å². The van der Waals surface area contributed by atoms with Crippen LogP contribution in [0, 0.1) is 0 Å². The van der Waals surface area contributed by atoms with Crippen LogP contribution >= 0.6 is 11.6 Å². The predicted molar refractivity (Wildman–Crippen MR) is 59.6 cm³/mol. The largest absolute Gasteiger partial charge is 0.261 e. The van der Waals surface area contributed by atoms with Gasteiger partial charge in [0, 0.05) is 11.3 Å². The SMILES string of the molecule is C=C(CCl)Cn1ncc2ccccc21. The lowest BCUT2D eigenvalue weighted by molar-refractivity contribution is 0.704. The molecule has 72 valence electrons. The molecule has 1 aromatic carbocycles. The van der Waals surface area contributed by atoms with Gasteiger partial charge in [0.15, 0.2) is 0 Å². The summed E-state index contributed by atoms with van der Waals surface area (Å²) in [6.45, 7) is 4.55. The van der Waals surface area contributed by atoms with E-state index in [-0.39, 0.29) is 0 Å². The van der Waals surface area contributed by atoms with Crippen molar-refractivity contribution in [3.8, 4) is 0 Å². The third-order valence-electron chi connectivity index (χ3n) is 2.11. The molecule has 0 saturated carbocycles. The fraction of sp³-hybridized carbons (Fsp3) is 0.182. The molecule has 0 N–H and O–H groups in total. The van der Waals surface area contributed by atoms with Crippen LogP contribution in [0.1, 0.15) is 0 Å². The number of para-hydroxylation sites is 1. The Morgan fingerprint density at radius 2 is 2.21 bits per heavy atom. The average Bonchev–Trinajstić information content (AvgIpc) is 2.62. The van der Waals surface area contributed by atoms with Crippen LogP contribution in [0.15, 0.2) is 42.6 Å². The van der Waals surface area contributed by atoms with Crippen LogP contribution in [-0.4, -0.2) is 15.7 Å². The maximum atomic E-state index is 5.68. The van der Waals surface area contributed by atoms with Crippen LogP contribution < -0.4 is 0 Å². The number of hydrogen-bond acceptors (Lipinski definition) is 1. The molecule has 2 rings (SSSR count). The first-order valence-corrected chi connectivity index (χ1v) is 4.98. The maximum Gasteiger partial charge on any atom is 0.0686 e. The van der Waals surface area contributed by atoms with Crippen LogP contribution in [0.25, 0.3) is 10.9 Å². The first-order valence-electron chi connectivity index (χ1n) is 4.44. The number of halogens is 1. The average molecular weight is 207 g/mol. The van der Waals surface area contributed by atoms with Crippen molar-refractivity contribution >= 4 is 22.5 Å². The molecule has 2 aromatic rings. The van der Waals surface area contributed by atoms with Crippen LogP contribution in [0.5, 0.6) is 0 Å². The van der Waals surface area contributed by atoms with Crippen LogP contribution in [-0.2, 0) is 6.54 Å². The van der Waals surface area contributed by atoms with E-state index in [4.69, 9.17) is 11.6 Å². The molecule has 0 bridgehead atoms. The van der Waals surface area contributed by atoms with E-state index in [0.717, 1.165) is 16.5 Å². The molecule has 0 fully saturated rings. The number of aromatic nitrogens is 2. The van der Waals surface area contributed by atoms with E-state index in [1.807, 2.05) is 35.1 Å². The summed E-state index contributed by atoms with van der Waals surface area (Å²) in [7, 11) is 0. The summed E-state index contributed by atoms with van der Waals surface area (Å²) < 4.78 is 1.92. The zero-order chi connectivity index (χ0) is 9.97. The molecular weight excluding hydrogens is 196 g/mol. The molecule has 0 amide bonds. The van der Waals surface area contributed by atoms with E-state index in [2.05, 4.69) is 11.7 Å². The minimum atomic E-state index is 0.480. The van der Waals surface area contributed by atoms with Gasteiger partial charge in [-0.2, -0.15) is 5.10 Å². The lowest BCUT2D eigenvalue weighted by Gasteiger charge is -2.03. The summed E-state index contributed by atoms with van der Waals surface area (Å²) >= 11 is 5.68. The van der Waals surface area contributed by atoms with Gasteiger partial charge in [-0.05, 0) is 11.6 Å². The monoisotopic (exact) mass is 206 g/mol. The Kier molecular flexibility index (Phi) is 2.55. The number of fused-ring (bicyclic) bond motifs is 1. The smallest absolute Gasteiger partial charge is 0.0686 e. The summed E-state index contributed by atoms with van der Waals surface area (Å²) in [5, 5.41) is 5.43. The first kappa shape index (κ1) is 9.28. The van der Waals surface area contributed by atoms with E-state index >= 15 is 0 Å². The number of allylic oxidation sites excluding steroid dienone is 1. The fourth-order valence-corrected chi connectivity index (χ4v) is 1.49. The van der Waals surface area contributed by atoms with Gasteiger partial charge in [0.1, 0.15) is 0 Å². The number of nitrogens with zero attached hydrogens (tertiary/aromatic N) is 2. The van der Waals surface area contributed by atoms with Gasteiger partial charge in [-0.25, -0.2) is 0 Å². The van der Waals surface area contributed by atoms with E-state index in [0.29, 0.717) is 12.4 Å². The van der Waals surface area contributed by atoms with Gasteiger partial charge in [-0.15, -0.1) is 11.6 Å². The second kappa shape index (κ2) is 3.84. The van der Waals surface area contributed by atoms with Gasteiger partial charge in [0.25, 0.3) is 0 Å². The Morgan fingerprint density at radius 3 is 3.00 bits per heavy atom. The molecule has 14 heavy (non-hydrogen) atoms. The number of rotatable bonds is 3. The Hall–Kier alpha value is -1.28. The normalized spacial score (nSPS) is 10.6. The lowest BCUT2D eigenvalue weighted by Crippen LogP contribution is -2.02. The van der Waals surface area contributed by atoms with Gasteiger partial charge in [0.05, 0.1) is 18.3 Å². The van der Waals surface area contributed by atoms with Crippen molar-refractivity contribution in [3.63, 3.8) is 0 Å². The molecule has 0 atom stereocenters. The topological polar surface area (TPSA) is 17.8 Å². The van der Waals surface area contributed by atoms with Crippen LogP contribution in [0.2, 0.25) is 0 Å². The summed E-state index contributed by atoms with van der Waals surface area (Å²) in [5.41, 5.74) is 2.10. The van der Waals surface area contributed by atoms with Crippen LogP contribution in [0.4, 0.5) is 0 Å². The molecule has 0 spiro atoms. The van der Waals surface area contributed by atoms with Gasteiger partial charge < -0.3 is 0 Å². The Morgan fingerprint density at radius 1 is 1.43 bits per heavy atom. The van der Waals surface area contributed by atoms with Crippen molar-refractivity contribution in [1.29, 1.82) is 0 Å². The molecule has 0 aliphatic heterocycles. The molecule has 0 aliphatic rings. The number of alkyl halides is 1. The third-order valence-corrected chi connectivity index (χ3v) is 2.49. The molecule has 0 aliphatic carbocycles. The highest BCUT2D eigenvalue weighted by Gasteiger charge is 2.01. The number of hydrogen-bond donors (Lipinski definition) is 0. The van der Waals surface area contributed by atoms with Crippen LogP contribution in [0.3, 0.4) is 0 Å². The van der Waals surface area contributed by atoms with Crippen molar-refractivity contribution in [2.75, 3.05) is 5.88 Å². The van der Waals surface area contributed by atoms with Crippen molar-refractivity contribution < 1.29 is 0 Å². The molecule has 0 saturated heterocycles. The highest BCUT2D eigenvalue weighted by atomic mass is 35.5. The third kappa shape index (κ3) is 1.66. The molecule has 1 heterocycles. The molecule has 0 radical (unpaired) electrons. The minimum Gasteiger partial charge on any atom is -0.261 e. The van der Waals surface area contributed by atoms with Crippen molar-refractivity contribution in [2.24, 2.45) is 0 Å². The van der Waals surface area contributed by atoms with E-state index in [1.165, 1.54) is 0 Å². The zero-order valence-electron chi connectivity index (χ0n) is 7.78. The second-order valence-electron chi connectivity index (χ2n) is 3.24. The minimum absolute atomic E-state index is 0.480. The van der Waals surface area contributed by atoms with Gasteiger partial charge in [-0.3, -0.25) is 4.68 Å². The van der Waals surface area contributed by atoms with Gasteiger partial charge in [-0.1, -0.05) is 24.8 Å². The highest BCUT2D eigenvalue weighted by Crippen LogP contribution is 2.13. The lowest BCUT2D eigenvalue weighted by atomic mass is 10.2. The molecule has 3 heteroatoms. The Bertz CT molecular complexity index is 459. The fourth-order valence-electron chi connectivity index (χ4n) is 1.41. The van der Waals surface area contributed by atoms with E-state index in [1.54, 1.807) is 0 Å². The van der Waals surface area contributed by atoms with Crippen molar-refractivity contribution in [1.82, 2.24) is 9.78 Å². The standard InChI is InChI=1S/C11H11ClN2/c1-9(6-12)8-14-11-5-3-2-4-10(11)7-13-14/h2-5,7H,1,6,8H2. The zero-order valence-corrected chi connectivity index (χ0v) is 8.54.